The highest BCUT2D eigenvalue weighted by Crippen LogP contribution is 2.41. The third-order valence-electron chi connectivity index (χ3n) is 17.7. The lowest BCUT2D eigenvalue weighted by atomic mass is 9.93. The number of fused-ring (bicyclic) bond motifs is 2. The van der Waals surface area contributed by atoms with E-state index in [1.165, 1.54) is 39.6 Å². The molecule has 0 spiro atoms. The third-order valence-corrected chi connectivity index (χ3v) is 17.7. The van der Waals surface area contributed by atoms with Crippen LogP contribution in [-0.4, -0.2) is 201 Å². The Hall–Kier alpha value is -11.7. The number of benzene rings is 4. The summed E-state index contributed by atoms with van der Waals surface area (Å²) in [4.78, 5) is 99.8. The minimum absolute atomic E-state index is 0.00299. The molecule has 0 atom stereocenters. The van der Waals surface area contributed by atoms with Crippen molar-refractivity contribution >= 4 is 74.4 Å². The van der Waals surface area contributed by atoms with E-state index in [0.29, 0.717) is 201 Å². The summed E-state index contributed by atoms with van der Waals surface area (Å²) in [5.74, 6) is 0.0584. The van der Waals surface area contributed by atoms with Crippen molar-refractivity contribution in [1.29, 1.82) is 0 Å². The average Bonchev–Trinajstić information content (AvgIpc) is 1.43. The zero-order chi connectivity index (χ0) is 79.4. The van der Waals surface area contributed by atoms with Gasteiger partial charge in [0.25, 0.3) is 35.1 Å². The van der Waals surface area contributed by atoms with E-state index < -0.39 is 29.2 Å². The molecule has 0 aliphatic carbocycles. The summed E-state index contributed by atoms with van der Waals surface area (Å²) < 4.78 is 79.1. The largest absolute Gasteiger partial charge is 0.491 e. The number of ether oxygens (including phenoxy) is 10. The fourth-order valence-corrected chi connectivity index (χ4v) is 11.9. The van der Waals surface area contributed by atoms with Crippen molar-refractivity contribution in [2.75, 3.05) is 140 Å². The number of anilines is 4. The van der Waals surface area contributed by atoms with Crippen molar-refractivity contribution in [1.82, 2.24) is 53.1 Å². The number of pyridine rings is 1. The second kappa shape index (κ2) is 38.3. The lowest BCUT2D eigenvalue weighted by Gasteiger charge is -2.22. The van der Waals surface area contributed by atoms with Gasteiger partial charge in [-0.1, -0.05) is 6.07 Å². The van der Waals surface area contributed by atoms with Gasteiger partial charge in [-0.05, 0) is 129 Å². The van der Waals surface area contributed by atoms with Gasteiger partial charge in [-0.3, -0.25) is 28.8 Å². The quantitative estimate of drug-likeness (QED) is 0.0165. The van der Waals surface area contributed by atoms with Crippen LogP contribution in [0.2, 0.25) is 0 Å². The minimum atomic E-state index is -1.22. The van der Waals surface area contributed by atoms with Crippen LogP contribution in [0.3, 0.4) is 0 Å². The first-order valence-electron chi connectivity index (χ1n) is 36.2. The first-order chi connectivity index (χ1) is 53.9. The Kier molecular flexibility index (Phi) is 27.8. The maximum atomic E-state index is 14.2. The number of amides is 5. The highest BCUT2D eigenvalue weighted by Gasteiger charge is 2.26. The second-order valence-corrected chi connectivity index (χ2v) is 26.7. The fraction of sp³-hybridized carbons (Fsp3) is 0.354. The average molecular weight is 1540 g/mol. The number of aromatic amines is 2. The normalized spacial score (nSPS) is 11.6. The molecule has 32 nitrogen and oxygen atoms in total. The standard InChI is InChI=1S/C79H92FN15O17/c1-49-38-53(80)39-50(2)69(49)112-66-17-11-52(79(3,4)102)41-58(66)60-47-95(9)78(101)68-59(60)44-63(86-68)74(97)83-54-12-14-57(15-13-54)111-37-36-110-35-34-109-33-32-108-31-30-107-29-28-106-27-26-105-25-24-104-23-22-103-21-19-82-75(98)64-42-56(46-92(64)6)85-77(100)72-89-67(48-94(72)8)90-76(99)65-43-55(45-93(65)7)84-73(96)51-10-16-61-62(40-51)88-70(87-61)71-81-18-20-91(71)5/h10-18,20,38-48,86,102H,19,21-37H2,1-9H3,(H,82,98)(H,83,97)(H,84,96)(H,85,100)(H,87,88)(H,90,99). The van der Waals surface area contributed by atoms with Gasteiger partial charge in [-0.25, -0.2) is 19.3 Å². The van der Waals surface area contributed by atoms with E-state index in [1.807, 2.05) is 17.8 Å². The highest BCUT2D eigenvalue weighted by molar-refractivity contribution is 6.10. The molecule has 0 bridgehead atoms. The number of H-pyrrole nitrogens is 2. The maximum absolute atomic E-state index is 14.2. The lowest BCUT2D eigenvalue weighted by molar-refractivity contribution is -0.0235. The third kappa shape index (κ3) is 21.7. The molecule has 7 aromatic heterocycles. The Bertz CT molecular complexity index is 5140. The Morgan fingerprint density at radius 2 is 1.09 bits per heavy atom. The summed E-state index contributed by atoms with van der Waals surface area (Å²) >= 11 is 0. The fourth-order valence-electron chi connectivity index (χ4n) is 11.9. The molecule has 0 aliphatic rings. The lowest BCUT2D eigenvalue weighted by Crippen LogP contribution is -2.29. The summed E-state index contributed by atoms with van der Waals surface area (Å²) in [5, 5.41) is 25.5. The zero-order valence-electron chi connectivity index (χ0n) is 63.8. The molecular weight excluding hydrogens is 1450 g/mol. The van der Waals surface area contributed by atoms with Crippen molar-refractivity contribution in [2.24, 2.45) is 35.2 Å². The predicted octanol–water partition coefficient (Wildman–Crippen LogP) is 8.95. The van der Waals surface area contributed by atoms with Gasteiger partial charge in [0.2, 0.25) is 5.82 Å². The number of aliphatic hydroxyl groups is 1. The molecule has 7 heterocycles. The van der Waals surface area contributed by atoms with E-state index in [0.717, 1.165) is 0 Å². The maximum Gasteiger partial charge on any atom is 0.291 e. The van der Waals surface area contributed by atoms with Crippen LogP contribution >= 0.6 is 0 Å². The summed E-state index contributed by atoms with van der Waals surface area (Å²) in [6.45, 7) is 13.3. The molecule has 0 fully saturated rings. The number of halogens is 1. The second-order valence-electron chi connectivity index (χ2n) is 26.7. The molecule has 0 unspecified atom stereocenters. The van der Waals surface area contributed by atoms with Gasteiger partial charge in [-0.15, -0.1) is 0 Å². The molecule has 8 N–H and O–H groups in total. The number of aryl methyl sites for hydroxylation is 7. The molecule has 5 amide bonds. The number of nitrogens with one attached hydrogen (secondary N) is 7. The van der Waals surface area contributed by atoms with Gasteiger partial charge in [-0.2, -0.15) is 0 Å². The number of aromatic nitrogens is 10. The minimum Gasteiger partial charge on any atom is -0.491 e. The summed E-state index contributed by atoms with van der Waals surface area (Å²) in [5.41, 5.74) is 5.11. The smallest absolute Gasteiger partial charge is 0.291 e. The number of imidazole rings is 3. The molecule has 592 valence electrons. The highest BCUT2D eigenvalue weighted by atomic mass is 19.1. The van der Waals surface area contributed by atoms with Gasteiger partial charge < -0.3 is 112 Å². The van der Waals surface area contributed by atoms with Crippen LogP contribution in [0.4, 0.5) is 27.3 Å². The van der Waals surface area contributed by atoms with Crippen LogP contribution in [0.1, 0.15) is 83.0 Å². The van der Waals surface area contributed by atoms with Crippen LogP contribution in [-0.2, 0) is 78.7 Å². The molecule has 0 saturated heterocycles. The molecular formula is C79H92FN15O17. The molecule has 11 rings (SSSR count). The van der Waals surface area contributed by atoms with Crippen molar-refractivity contribution in [3.05, 3.63) is 190 Å². The van der Waals surface area contributed by atoms with Crippen molar-refractivity contribution in [3.8, 4) is 40.0 Å². The first kappa shape index (κ1) is 81.3. The van der Waals surface area contributed by atoms with Crippen molar-refractivity contribution in [2.45, 2.75) is 33.3 Å². The van der Waals surface area contributed by atoms with E-state index >= 15 is 0 Å². The monoisotopic (exact) mass is 1540 g/mol. The van der Waals surface area contributed by atoms with Crippen LogP contribution < -0.4 is 41.6 Å². The van der Waals surface area contributed by atoms with Crippen LogP contribution in [0, 0.1) is 19.7 Å². The molecule has 0 saturated carbocycles. The topological polar surface area (TPSA) is 370 Å². The number of carbonyl (C=O) groups excluding carboxylic acids is 5. The van der Waals surface area contributed by atoms with Crippen LogP contribution in [0.25, 0.3) is 44.7 Å². The SMILES string of the molecule is Cc1cc(F)cc(C)c1Oc1ccc(C(C)(C)O)cc1-c1cn(C)c(=O)c2[nH]c(C(=O)Nc3ccc(OCCOCCOCCOCCOCCOCCOCCOCCOCCNC(=O)c4cc(NC(=O)c5nc(NC(=O)c6cc(NC(=O)c7ccc8nc(-c9nccn9C)[nH]c8c7)cn6C)cn5C)cn4C)cc3)cc12. The van der Waals surface area contributed by atoms with E-state index in [2.05, 4.69) is 51.5 Å². The van der Waals surface area contributed by atoms with Gasteiger partial charge in [0.1, 0.15) is 52.3 Å². The number of rotatable bonds is 42. The van der Waals surface area contributed by atoms with Gasteiger partial charge in [0, 0.05) is 107 Å². The van der Waals surface area contributed by atoms with Gasteiger partial charge >= 0.3 is 0 Å². The van der Waals surface area contributed by atoms with Crippen LogP contribution in [0.5, 0.6) is 17.2 Å². The molecule has 0 aliphatic heterocycles. The number of hydrogen-bond acceptors (Lipinski definition) is 20. The Morgan fingerprint density at radius 1 is 0.527 bits per heavy atom. The van der Waals surface area contributed by atoms with E-state index in [9.17, 15) is 38.3 Å². The summed E-state index contributed by atoms with van der Waals surface area (Å²) in [6, 6.07) is 24.7. The Morgan fingerprint density at radius 3 is 1.67 bits per heavy atom. The summed E-state index contributed by atoms with van der Waals surface area (Å²) in [6.07, 6.45) is 9.84. The molecule has 11 aromatic rings. The predicted molar refractivity (Wildman–Crippen MR) is 415 cm³/mol. The van der Waals surface area contributed by atoms with E-state index in [1.54, 1.807) is 157 Å². The molecule has 0 radical (unpaired) electrons. The molecule has 4 aromatic carbocycles. The van der Waals surface area contributed by atoms with Gasteiger partial charge in [0.15, 0.2) is 17.5 Å². The number of carbonyl (C=O) groups is 5. The van der Waals surface area contributed by atoms with Crippen molar-refractivity contribution < 1.29 is 80.8 Å². The Balaban J connectivity index is 0.466. The van der Waals surface area contributed by atoms with Crippen molar-refractivity contribution in [3.63, 3.8) is 0 Å². The van der Waals surface area contributed by atoms with Crippen LogP contribution in [0.15, 0.2) is 133 Å². The molecule has 112 heavy (non-hydrogen) atoms. The Labute approximate surface area is 643 Å². The number of nitrogens with zero attached hydrogens (tertiary/aromatic N) is 8. The summed E-state index contributed by atoms with van der Waals surface area (Å²) in [7, 11) is 8.42. The first-order valence-corrected chi connectivity index (χ1v) is 36.2. The number of hydrogen-bond donors (Lipinski definition) is 8. The zero-order valence-corrected chi connectivity index (χ0v) is 63.8. The van der Waals surface area contributed by atoms with Gasteiger partial charge in [0.05, 0.1) is 134 Å². The van der Waals surface area contributed by atoms with E-state index in [-0.39, 0.29) is 65.6 Å². The van der Waals surface area contributed by atoms with E-state index in [4.69, 9.17) is 47.4 Å². The molecule has 33 heteroatoms.